The molecule has 0 radical (unpaired) electrons. The van der Waals surface area contributed by atoms with Crippen LogP contribution in [0.2, 0.25) is 0 Å². The van der Waals surface area contributed by atoms with Crippen LogP contribution in [0.3, 0.4) is 0 Å². The number of hydrogen-bond donors (Lipinski definition) is 1. The zero-order valence-electron chi connectivity index (χ0n) is 14.1. The summed E-state index contributed by atoms with van der Waals surface area (Å²) >= 11 is 0. The summed E-state index contributed by atoms with van der Waals surface area (Å²) in [6.07, 6.45) is 7.15. The van der Waals surface area contributed by atoms with Crippen molar-refractivity contribution in [2.45, 2.75) is 0 Å². The van der Waals surface area contributed by atoms with Gasteiger partial charge in [0.1, 0.15) is 5.69 Å². The van der Waals surface area contributed by atoms with Gasteiger partial charge >= 0.3 is 0 Å². The molecule has 0 saturated heterocycles. The van der Waals surface area contributed by atoms with Gasteiger partial charge in [0.15, 0.2) is 11.6 Å². The summed E-state index contributed by atoms with van der Waals surface area (Å²) in [5, 5.41) is 15.9. The maximum absolute atomic E-state index is 4.65. The lowest BCUT2D eigenvalue weighted by Crippen LogP contribution is -1.98. The van der Waals surface area contributed by atoms with E-state index in [2.05, 4.69) is 30.4 Å². The van der Waals surface area contributed by atoms with Gasteiger partial charge in [0, 0.05) is 24.8 Å². The normalized spacial score (nSPS) is 11.0. The number of rotatable bonds is 4. The van der Waals surface area contributed by atoms with Crippen molar-refractivity contribution in [2.75, 3.05) is 0 Å². The Kier molecular flexibility index (Phi) is 3.57. The van der Waals surface area contributed by atoms with Crippen LogP contribution in [0.1, 0.15) is 0 Å². The van der Waals surface area contributed by atoms with E-state index in [1.165, 1.54) is 0 Å². The molecule has 5 heterocycles. The first-order chi connectivity index (χ1) is 13.4. The molecule has 8 heteroatoms. The molecule has 5 rings (SSSR count). The Morgan fingerprint density at radius 3 is 1.93 bits per heavy atom. The van der Waals surface area contributed by atoms with Crippen LogP contribution >= 0.6 is 0 Å². The number of pyridine rings is 2. The molecule has 0 spiro atoms. The largest absolute Gasteiger partial charge is 0.276 e. The topological polar surface area (TPSA) is 90.1 Å². The monoisotopic (exact) mass is 354 g/mol. The van der Waals surface area contributed by atoms with Crippen LogP contribution in [0.4, 0.5) is 0 Å². The second-order valence-electron chi connectivity index (χ2n) is 5.83. The molecule has 0 atom stereocenters. The molecular weight excluding hydrogens is 340 g/mol. The molecule has 0 saturated carbocycles. The van der Waals surface area contributed by atoms with Crippen LogP contribution in [0, 0.1) is 0 Å². The van der Waals surface area contributed by atoms with Gasteiger partial charge in [0.25, 0.3) is 0 Å². The van der Waals surface area contributed by atoms with Crippen molar-refractivity contribution in [1.29, 1.82) is 0 Å². The summed E-state index contributed by atoms with van der Waals surface area (Å²) in [5.41, 5.74) is 3.09. The predicted octanol–water partition coefficient (Wildman–Crippen LogP) is 2.91. The molecule has 0 amide bonds. The molecule has 0 unspecified atom stereocenters. The van der Waals surface area contributed by atoms with Crippen LogP contribution in [-0.4, -0.2) is 39.7 Å². The lowest BCUT2D eigenvalue weighted by atomic mass is 10.2. The average Bonchev–Trinajstić information content (AvgIpc) is 3.51. The fraction of sp³-hybridized carbons (Fsp3) is 0. The highest BCUT2D eigenvalue weighted by molar-refractivity contribution is 5.64. The number of H-pyrrole nitrogens is 1. The minimum atomic E-state index is 0.737. The molecule has 5 aromatic rings. The van der Waals surface area contributed by atoms with Gasteiger partial charge in [-0.05, 0) is 42.5 Å². The molecule has 0 aromatic carbocycles. The third kappa shape index (κ3) is 2.89. The summed E-state index contributed by atoms with van der Waals surface area (Å²) < 4.78 is 3.43. The molecular formula is C19H14N8. The first-order valence-electron chi connectivity index (χ1n) is 8.37. The molecule has 130 valence electrons. The lowest BCUT2D eigenvalue weighted by Gasteiger charge is -2.02. The Balaban J connectivity index is 1.49. The lowest BCUT2D eigenvalue weighted by molar-refractivity contribution is 0.847. The van der Waals surface area contributed by atoms with E-state index < -0.39 is 0 Å². The van der Waals surface area contributed by atoms with Crippen molar-refractivity contribution in [1.82, 2.24) is 39.7 Å². The van der Waals surface area contributed by atoms with Crippen molar-refractivity contribution in [3.8, 4) is 34.4 Å². The highest BCUT2D eigenvalue weighted by Gasteiger charge is 2.10. The Labute approximate surface area is 154 Å². The highest BCUT2D eigenvalue weighted by atomic mass is 15.3. The number of aromatic nitrogens is 8. The van der Waals surface area contributed by atoms with Crippen LogP contribution in [0.15, 0.2) is 79.4 Å². The molecule has 0 bridgehead atoms. The summed E-state index contributed by atoms with van der Waals surface area (Å²) in [7, 11) is 0. The van der Waals surface area contributed by atoms with E-state index in [0.29, 0.717) is 0 Å². The van der Waals surface area contributed by atoms with E-state index in [0.717, 1.165) is 34.4 Å². The average molecular weight is 354 g/mol. The van der Waals surface area contributed by atoms with Crippen molar-refractivity contribution >= 4 is 0 Å². The number of aromatic amines is 1. The Bertz CT molecular complexity index is 1080. The molecule has 5 aromatic heterocycles. The van der Waals surface area contributed by atoms with Crippen LogP contribution < -0.4 is 0 Å². The van der Waals surface area contributed by atoms with Crippen LogP contribution in [-0.2, 0) is 0 Å². The van der Waals surface area contributed by atoms with E-state index in [9.17, 15) is 0 Å². The molecule has 0 aliphatic rings. The van der Waals surface area contributed by atoms with Gasteiger partial charge in [-0.25, -0.2) is 19.3 Å². The van der Waals surface area contributed by atoms with Crippen LogP contribution in [0.5, 0.6) is 0 Å². The zero-order chi connectivity index (χ0) is 18.1. The summed E-state index contributed by atoms with van der Waals surface area (Å²) in [5.74, 6) is 1.48. The molecule has 0 aliphatic carbocycles. The van der Waals surface area contributed by atoms with E-state index in [1.54, 1.807) is 21.8 Å². The second-order valence-corrected chi connectivity index (χ2v) is 5.83. The first-order valence-corrected chi connectivity index (χ1v) is 8.37. The van der Waals surface area contributed by atoms with E-state index in [-0.39, 0.29) is 0 Å². The minimum absolute atomic E-state index is 0.737. The maximum atomic E-state index is 4.65. The van der Waals surface area contributed by atoms with Gasteiger partial charge in [0.05, 0.1) is 17.1 Å². The van der Waals surface area contributed by atoms with Crippen molar-refractivity contribution < 1.29 is 0 Å². The first kappa shape index (κ1) is 15.2. The Morgan fingerprint density at radius 2 is 1.30 bits per heavy atom. The van der Waals surface area contributed by atoms with E-state index in [1.807, 2.05) is 67.0 Å². The van der Waals surface area contributed by atoms with Gasteiger partial charge in [0.2, 0.25) is 0 Å². The quantitative estimate of drug-likeness (QED) is 0.536. The SMILES string of the molecule is c1cc(-c2cc(-c3cccc(-n4cccn4)n3)[nH]n2)nc(-n2cccn2)c1. The van der Waals surface area contributed by atoms with E-state index >= 15 is 0 Å². The van der Waals surface area contributed by atoms with Gasteiger partial charge in [-0.3, -0.25) is 5.10 Å². The standard InChI is InChI=1S/C19H14N8/c1-5-14(22-18(7-1)26-11-3-9-20-26)16-13-17(25-24-16)15-6-2-8-19(23-15)27-12-4-10-21-27/h1-13H,(H,24,25). The number of nitrogens with zero attached hydrogens (tertiary/aromatic N) is 7. The van der Waals surface area contributed by atoms with Crippen molar-refractivity contribution in [3.63, 3.8) is 0 Å². The van der Waals surface area contributed by atoms with Crippen LogP contribution in [0.25, 0.3) is 34.4 Å². The third-order valence-corrected chi connectivity index (χ3v) is 4.06. The smallest absolute Gasteiger partial charge is 0.154 e. The fourth-order valence-electron chi connectivity index (χ4n) is 2.79. The number of hydrogen-bond acceptors (Lipinski definition) is 5. The van der Waals surface area contributed by atoms with Gasteiger partial charge in [-0.2, -0.15) is 15.3 Å². The second kappa shape index (κ2) is 6.34. The summed E-state index contributed by atoms with van der Waals surface area (Å²) in [6, 6.07) is 17.2. The van der Waals surface area contributed by atoms with Crippen molar-refractivity contribution in [2.24, 2.45) is 0 Å². The summed E-state index contributed by atoms with van der Waals surface area (Å²) in [4.78, 5) is 9.28. The maximum Gasteiger partial charge on any atom is 0.154 e. The minimum Gasteiger partial charge on any atom is -0.276 e. The Hall–Kier alpha value is -4.07. The Morgan fingerprint density at radius 1 is 0.667 bits per heavy atom. The van der Waals surface area contributed by atoms with Gasteiger partial charge in [-0.1, -0.05) is 12.1 Å². The fourth-order valence-corrected chi connectivity index (χ4v) is 2.79. The molecule has 0 fully saturated rings. The third-order valence-electron chi connectivity index (χ3n) is 4.06. The molecule has 0 aliphatic heterocycles. The summed E-state index contributed by atoms with van der Waals surface area (Å²) in [6.45, 7) is 0. The molecule has 27 heavy (non-hydrogen) atoms. The van der Waals surface area contributed by atoms with Gasteiger partial charge < -0.3 is 0 Å². The zero-order valence-corrected chi connectivity index (χ0v) is 14.1. The molecule has 1 N–H and O–H groups in total. The van der Waals surface area contributed by atoms with Gasteiger partial charge in [-0.15, -0.1) is 0 Å². The number of nitrogens with one attached hydrogen (secondary N) is 1. The van der Waals surface area contributed by atoms with Crippen molar-refractivity contribution in [3.05, 3.63) is 79.4 Å². The highest BCUT2D eigenvalue weighted by Crippen LogP contribution is 2.22. The van der Waals surface area contributed by atoms with E-state index in [4.69, 9.17) is 0 Å². The predicted molar refractivity (Wildman–Crippen MR) is 99.3 cm³/mol. The molecule has 8 nitrogen and oxygen atoms in total.